The lowest BCUT2D eigenvalue weighted by molar-refractivity contribution is -0.0500. The fourth-order valence-electron chi connectivity index (χ4n) is 1.16. The molecule has 0 aliphatic rings. The third-order valence-electron chi connectivity index (χ3n) is 2.24. The Morgan fingerprint density at radius 1 is 1.30 bits per heavy atom. The van der Waals surface area contributed by atoms with E-state index in [4.69, 9.17) is 0 Å². The predicted molar refractivity (Wildman–Crippen MR) is 59.8 cm³/mol. The second kappa shape index (κ2) is 5.19. The van der Waals surface area contributed by atoms with Crippen LogP contribution in [-0.4, -0.2) is 32.1 Å². The molecule has 112 valence electrons. The van der Waals surface area contributed by atoms with Gasteiger partial charge < -0.3 is 14.0 Å². The zero-order valence-corrected chi connectivity index (χ0v) is 11.0. The number of ether oxygens (including phenoxy) is 1. The van der Waals surface area contributed by atoms with Gasteiger partial charge in [-0.1, -0.05) is 0 Å². The van der Waals surface area contributed by atoms with E-state index in [-0.39, 0.29) is 11.1 Å². The zero-order chi connectivity index (χ0) is 15.7. The highest BCUT2D eigenvalue weighted by molar-refractivity contribution is 7.88. The Kier molecular flexibility index (Phi) is 4.18. The minimum Gasteiger partial charge on any atom is -0.508 e. The second-order valence-electron chi connectivity index (χ2n) is 3.59. The van der Waals surface area contributed by atoms with Crippen LogP contribution in [0, 0.1) is 6.92 Å². The normalized spacial score (nSPS) is 12.1. The highest BCUT2D eigenvalue weighted by atomic mass is 32.2. The van der Waals surface area contributed by atoms with Crippen molar-refractivity contribution in [1.29, 1.82) is 0 Å². The topological polar surface area (TPSA) is 89.9 Å². The summed E-state index contributed by atoms with van der Waals surface area (Å²) in [5, 5.41) is 9.46. The molecule has 0 amide bonds. The van der Waals surface area contributed by atoms with Gasteiger partial charge in [-0.2, -0.15) is 21.6 Å². The Labute approximate surface area is 111 Å². The SMILES string of the molecule is COC(=O)c1cc(O)c(C)c(OS(=O)(=O)C(F)(F)F)c1. The molecule has 0 aliphatic carbocycles. The smallest absolute Gasteiger partial charge is 0.508 e. The van der Waals surface area contributed by atoms with Gasteiger partial charge in [-0.3, -0.25) is 0 Å². The summed E-state index contributed by atoms with van der Waals surface area (Å²) in [6.07, 6.45) is 0. The second-order valence-corrected chi connectivity index (χ2v) is 5.13. The number of phenolic OH excluding ortho intramolecular Hbond substituents is 1. The monoisotopic (exact) mass is 314 g/mol. The lowest BCUT2D eigenvalue weighted by atomic mass is 10.1. The van der Waals surface area contributed by atoms with Crippen LogP contribution in [0.4, 0.5) is 13.2 Å². The van der Waals surface area contributed by atoms with Crippen LogP contribution in [0.5, 0.6) is 11.5 Å². The maximum atomic E-state index is 12.2. The molecule has 0 heterocycles. The molecule has 1 aromatic carbocycles. The van der Waals surface area contributed by atoms with E-state index in [1.165, 1.54) is 0 Å². The molecule has 0 fully saturated rings. The molecule has 10 heteroatoms. The maximum absolute atomic E-state index is 12.2. The van der Waals surface area contributed by atoms with E-state index in [2.05, 4.69) is 8.92 Å². The number of benzene rings is 1. The van der Waals surface area contributed by atoms with Gasteiger partial charge in [-0.05, 0) is 19.1 Å². The van der Waals surface area contributed by atoms with E-state index in [0.29, 0.717) is 0 Å². The highest BCUT2D eigenvalue weighted by Gasteiger charge is 2.48. The molecule has 0 unspecified atom stereocenters. The molecule has 0 spiro atoms. The Bertz CT molecular complexity index is 635. The van der Waals surface area contributed by atoms with Crippen LogP contribution < -0.4 is 4.18 Å². The maximum Gasteiger partial charge on any atom is 0.534 e. The van der Waals surface area contributed by atoms with E-state index in [1.54, 1.807) is 0 Å². The summed E-state index contributed by atoms with van der Waals surface area (Å²) < 4.78 is 66.6. The van der Waals surface area contributed by atoms with Gasteiger partial charge in [0.15, 0.2) is 0 Å². The molecule has 0 saturated heterocycles. The quantitative estimate of drug-likeness (QED) is 0.519. The number of rotatable bonds is 3. The Morgan fingerprint density at radius 2 is 1.85 bits per heavy atom. The Morgan fingerprint density at radius 3 is 2.30 bits per heavy atom. The number of halogens is 3. The summed E-state index contributed by atoms with van der Waals surface area (Å²) >= 11 is 0. The predicted octanol–water partition coefficient (Wildman–Crippen LogP) is 1.72. The summed E-state index contributed by atoms with van der Waals surface area (Å²) in [6, 6.07) is 1.64. The molecule has 6 nitrogen and oxygen atoms in total. The minimum atomic E-state index is -5.90. The van der Waals surface area contributed by atoms with Crippen LogP contribution in [0.25, 0.3) is 0 Å². The summed E-state index contributed by atoms with van der Waals surface area (Å²) in [6.45, 7) is 1.12. The van der Waals surface area contributed by atoms with Gasteiger partial charge in [0.25, 0.3) is 0 Å². The number of hydrogen-bond acceptors (Lipinski definition) is 6. The van der Waals surface area contributed by atoms with E-state index in [9.17, 15) is 31.5 Å². The first-order valence-electron chi connectivity index (χ1n) is 4.92. The number of phenols is 1. The van der Waals surface area contributed by atoms with Crippen molar-refractivity contribution in [2.24, 2.45) is 0 Å². The third-order valence-corrected chi connectivity index (χ3v) is 3.20. The highest BCUT2D eigenvalue weighted by Crippen LogP contribution is 2.33. The van der Waals surface area contributed by atoms with E-state index >= 15 is 0 Å². The molecule has 0 atom stereocenters. The number of carbonyl (C=O) groups is 1. The van der Waals surface area contributed by atoms with Crippen LogP contribution in [0.15, 0.2) is 12.1 Å². The number of esters is 1. The lowest BCUT2D eigenvalue weighted by Crippen LogP contribution is -2.28. The first-order chi connectivity index (χ1) is 8.99. The molecule has 0 aromatic heterocycles. The van der Waals surface area contributed by atoms with Gasteiger partial charge in [0.2, 0.25) is 0 Å². The standard InChI is InChI=1S/C10H9F3O6S/c1-5-7(14)3-6(9(15)18-2)4-8(5)19-20(16,17)10(11,12)13/h3-4,14H,1-2H3. The van der Waals surface area contributed by atoms with Crippen LogP contribution >= 0.6 is 0 Å². The van der Waals surface area contributed by atoms with E-state index in [0.717, 1.165) is 26.2 Å². The van der Waals surface area contributed by atoms with Crippen molar-refractivity contribution >= 4 is 16.1 Å². The van der Waals surface area contributed by atoms with Crippen LogP contribution in [0.3, 0.4) is 0 Å². The minimum absolute atomic E-state index is 0.273. The van der Waals surface area contributed by atoms with Crippen molar-refractivity contribution in [1.82, 2.24) is 0 Å². The number of hydrogen-bond donors (Lipinski definition) is 1. The summed E-state index contributed by atoms with van der Waals surface area (Å²) in [5.74, 6) is -2.41. The molecule has 1 rings (SSSR count). The molecule has 20 heavy (non-hydrogen) atoms. The van der Waals surface area contributed by atoms with Crippen molar-refractivity contribution in [2.75, 3.05) is 7.11 Å². The summed E-state index contributed by atoms with van der Waals surface area (Å²) in [7, 11) is -4.90. The first-order valence-corrected chi connectivity index (χ1v) is 6.33. The average Bonchev–Trinajstić information content (AvgIpc) is 2.31. The number of alkyl halides is 3. The molecular formula is C10H9F3O6S. The lowest BCUT2D eigenvalue weighted by Gasteiger charge is -2.13. The van der Waals surface area contributed by atoms with E-state index in [1.807, 2.05) is 0 Å². The van der Waals surface area contributed by atoms with E-state index < -0.39 is 33.1 Å². The summed E-state index contributed by atoms with van der Waals surface area (Å²) in [4.78, 5) is 11.2. The fraction of sp³-hybridized carbons (Fsp3) is 0.300. The molecule has 0 saturated carbocycles. The zero-order valence-electron chi connectivity index (χ0n) is 10.2. The van der Waals surface area contributed by atoms with Crippen molar-refractivity contribution in [3.63, 3.8) is 0 Å². The summed E-state index contributed by atoms with van der Waals surface area (Å²) in [5.41, 5.74) is -6.26. The Balaban J connectivity index is 3.33. The van der Waals surface area contributed by atoms with Crippen molar-refractivity contribution < 1.29 is 40.4 Å². The fourth-order valence-corrected chi connectivity index (χ4v) is 1.66. The van der Waals surface area contributed by atoms with Crippen molar-refractivity contribution in [3.05, 3.63) is 23.3 Å². The largest absolute Gasteiger partial charge is 0.534 e. The van der Waals surface area contributed by atoms with Crippen LogP contribution in [0.2, 0.25) is 0 Å². The number of aromatic hydroxyl groups is 1. The third kappa shape index (κ3) is 3.13. The average molecular weight is 314 g/mol. The van der Waals surface area contributed by atoms with Gasteiger partial charge in [0.05, 0.1) is 12.7 Å². The van der Waals surface area contributed by atoms with Gasteiger partial charge >= 0.3 is 21.6 Å². The first kappa shape index (κ1) is 16.1. The van der Waals surface area contributed by atoms with Gasteiger partial charge in [0, 0.05) is 5.56 Å². The van der Waals surface area contributed by atoms with Crippen molar-refractivity contribution in [3.8, 4) is 11.5 Å². The molecule has 1 aromatic rings. The molecule has 0 aliphatic heterocycles. The number of carbonyl (C=O) groups excluding carboxylic acids is 1. The van der Waals surface area contributed by atoms with Gasteiger partial charge in [-0.15, -0.1) is 0 Å². The number of methoxy groups -OCH3 is 1. The van der Waals surface area contributed by atoms with Gasteiger partial charge in [-0.25, -0.2) is 4.79 Å². The van der Waals surface area contributed by atoms with Crippen molar-refractivity contribution in [2.45, 2.75) is 12.4 Å². The Hall–Kier alpha value is -1.97. The molecule has 0 radical (unpaired) electrons. The molecule has 0 bridgehead atoms. The molecule has 1 N–H and O–H groups in total. The van der Waals surface area contributed by atoms with Crippen LogP contribution in [0.1, 0.15) is 15.9 Å². The van der Waals surface area contributed by atoms with Gasteiger partial charge in [0.1, 0.15) is 11.5 Å². The molecular weight excluding hydrogens is 305 g/mol. The van der Waals surface area contributed by atoms with Crippen LogP contribution in [-0.2, 0) is 14.9 Å².